The predicted molar refractivity (Wildman–Crippen MR) is 309 cm³/mol. The quantitative estimate of drug-likeness (QED) is 0.0511. The number of anilines is 1. The highest BCUT2D eigenvalue weighted by atomic mass is 31.2. The van der Waals surface area contributed by atoms with Crippen LogP contribution in [0.3, 0.4) is 0 Å². The standard InChI is InChI=1S/C60H90N2O18P2/c1-36-16-12-11-13-17-37(2)50(76-8)33-46-24-19-42(7)60(70,80-46)57(67)58(68)62-27-15-14-18-48(62)59(69)79-51(34-49(63)38(3)29-41(6)55(66)56(78-10)54(65)40(5)28-36)39(4)30-43-20-21-44(52(31-43)77-9)32-53(64)61-45-22-25-47(26-23-45)81(71,72)35-82(73,74)75/h11-13,16-17,22-23,25-26,29,36,38-40,42-44,46,48,50-52,55-56,66,70H,14-15,18-21,24,27-28,30-35H2,1-10H3,(H,61,64)(H,71,72)(H2,73,74,75)/b13-11?,16-12+,37-17?,41-29+/t36-,38-,39-,40-,42-,43?,44+,46+,48?,50+,51+,52-,55?,56+,60-/m1/s1. The summed E-state index contributed by atoms with van der Waals surface area (Å²) in [4.78, 5) is 115. The molecule has 2 saturated heterocycles. The van der Waals surface area contributed by atoms with Gasteiger partial charge in [-0.05, 0) is 137 Å². The maximum atomic E-state index is 14.6. The number of aliphatic hydroxyl groups is 2. The van der Waals surface area contributed by atoms with Crippen LogP contribution < -0.4 is 10.6 Å². The Morgan fingerprint density at radius 3 is 2.20 bits per heavy atom. The van der Waals surface area contributed by atoms with Crippen molar-refractivity contribution < 1.29 is 86.5 Å². The molecule has 16 atom stereocenters. The molecule has 2 bridgehead atoms. The molecule has 458 valence electrons. The lowest BCUT2D eigenvalue weighted by molar-refractivity contribution is -0.265. The summed E-state index contributed by atoms with van der Waals surface area (Å²) >= 11 is 0. The molecule has 0 aromatic heterocycles. The Bertz CT molecular complexity index is 2610. The number of Topliss-reactive ketones (excluding diaryl/α,β-unsaturated/α-hetero) is 3. The second-order valence-corrected chi connectivity index (χ2v) is 28.0. The number of amides is 2. The zero-order valence-electron chi connectivity index (χ0n) is 49.3. The molecule has 20 nitrogen and oxygen atoms in total. The highest BCUT2D eigenvalue weighted by Crippen LogP contribution is 2.54. The first-order valence-electron chi connectivity index (χ1n) is 28.8. The van der Waals surface area contributed by atoms with Crippen molar-refractivity contribution in [3.05, 3.63) is 71.9 Å². The molecule has 3 fully saturated rings. The smallest absolute Gasteiger partial charge is 0.335 e. The topological polar surface area (TPSA) is 299 Å². The van der Waals surface area contributed by atoms with Gasteiger partial charge in [-0.25, -0.2) is 4.79 Å². The van der Waals surface area contributed by atoms with Gasteiger partial charge < -0.3 is 58.8 Å². The van der Waals surface area contributed by atoms with E-state index >= 15 is 0 Å². The van der Waals surface area contributed by atoms with Gasteiger partial charge in [0.15, 0.2) is 5.78 Å². The maximum Gasteiger partial charge on any atom is 0.335 e. The predicted octanol–water partition coefficient (Wildman–Crippen LogP) is 7.50. The van der Waals surface area contributed by atoms with E-state index in [1.807, 2.05) is 51.2 Å². The highest BCUT2D eigenvalue weighted by molar-refractivity contribution is 7.77. The molecule has 0 spiro atoms. The number of hydrogen-bond donors (Lipinski definition) is 6. The van der Waals surface area contributed by atoms with Gasteiger partial charge in [0.25, 0.3) is 11.7 Å². The molecule has 1 saturated carbocycles. The number of benzene rings is 1. The number of carbonyl (C=O) groups excluding carboxylic acids is 6. The van der Waals surface area contributed by atoms with E-state index < -0.39 is 105 Å². The molecule has 4 unspecified atom stereocenters. The number of aliphatic hydroxyl groups excluding tert-OH is 1. The number of cyclic esters (lactones) is 1. The number of ketones is 3. The van der Waals surface area contributed by atoms with Gasteiger partial charge in [0, 0.05) is 75.9 Å². The molecule has 4 aliphatic rings. The van der Waals surface area contributed by atoms with E-state index in [2.05, 4.69) is 5.32 Å². The van der Waals surface area contributed by atoms with Crippen molar-refractivity contribution in [1.29, 1.82) is 0 Å². The Morgan fingerprint density at radius 1 is 0.854 bits per heavy atom. The van der Waals surface area contributed by atoms with Crippen molar-refractivity contribution in [2.75, 3.05) is 39.1 Å². The molecule has 22 heteroatoms. The number of methoxy groups -OCH3 is 3. The average molecular weight is 1190 g/mol. The number of esters is 1. The third kappa shape index (κ3) is 18.8. The Hall–Kier alpha value is -4.30. The number of hydrogen-bond acceptors (Lipinski definition) is 15. The lowest BCUT2D eigenvalue weighted by atomic mass is 9.74. The lowest BCUT2D eigenvalue weighted by Gasteiger charge is -2.42. The molecule has 2 amide bonds. The number of nitrogens with one attached hydrogen (secondary N) is 1. The number of allylic oxidation sites excluding steroid dienone is 6. The highest BCUT2D eigenvalue weighted by Gasteiger charge is 2.53. The van der Waals surface area contributed by atoms with Gasteiger partial charge in [0.2, 0.25) is 19.1 Å². The molecule has 3 aliphatic heterocycles. The van der Waals surface area contributed by atoms with Crippen molar-refractivity contribution >= 4 is 61.1 Å². The van der Waals surface area contributed by atoms with E-state index in [-0.39, 0.29) is 78.9 Å². The Labute approximate surface area is 483 Å². The van der Waals surface area contributed by atoms with Gasteiger partial charge >= 0.3 is 13.6 Å². The van der Waals surface area contributed by atoms with E-state index in [1.54, 1.807) is 48.0 Å². The van der Waals surface area contributed by atoms with E-state index in [0.717, 1.165) is 10.5 Å². The Kier molecular flexibility index (Phi) is 25.6. The summed E-state index contributed by atoms with van der Waals surface area (Å²) in [5.74, 6) is -10.5. The minimum Gasteiger partial charge on any atom is -0.460 e. The summed E-state index contributed by atoms with van der Waals surface area (Å²) in [7, 11) is -4.67. The Balaban J connectivity index is 1.40. The number of ether oxygens (including phenoxy) is 5. The normalized spacial score (nSPS) is 34.4. The minimum absolute atomic E-state index is 0.0134. The molecule has 1 aromatic rings. The first kappa shape index (κ1) is 68.5. The van der Waals surface area contributed by atoms with Crippen molar-refractivity contribution in [3.63, 3.8) is 0 Å². The van der Waals surface area contributed by atoms with Gasteiger partial charge in [-0.1, -0.05) is 71.1 Å². The van der Waals surface area contributed by atoms with Gasteiger partial charge in [-0.15, -0.1) is 0 Å². The fraction of sp³-hybridized carbons (Fsp3) is 0.667. The van der Waals surface area contributed by atoms with E-state index in [4.69, 9.17) is 23.7 Å². The number of carbonyl (C=O) groups is 6. The van der Waals surface area contributed by atoms with E-state index in [9.17, 15) is 62.8 Å². The third-order valence-corrected chi connectivity index (χ3v) is 21.1. The van der Waals surface area contributed by atoms with Gasteiger partial charge in [0.05, 0.1) is 18.3 Å². The van der Waals surface area contributed by atoms with Crippen LogP contribution in [0.1, 0.15) is 132 Å². The van der Waals surface area contributed by atoms with Crippen LogP contribution in [0.25, 0.3) is 0 Å². The lowest BCUT2D eigenvalue weighted by Crippen LogP contribution is -2.61. The molecule has 6 N–H and O–H groups in total. The molecule has 1 aromatic carbocycles. The fourth-order valence-electron chi connectivity index (χ4n) is 12.0. The Morgan fingerprint density at radius 2 is 1.55 bits per heavy atom. The van der Waals surface area contributed by atoms with Crippen molar-refractivity contribution in [1.82, 2.24) is 4.90 Å². The molecule has 1 aliphatic carbocycles. The molecular weight excluding hydrogens is 1100 g/mol. The van der Waals surface area contributed by atoms with Crippen LogP contribution in [0.4, 0.5) is 5.69 Å². The summed E-state index contributed by atoms with van der Waals surface area (Å²) in [5, 5.41) is 26.2. The summed E-state index contributed by atoms with van der Waals surface area (Å²) < 4.78 is 53.9. The number of fused-ring (bicyclic) bond motifs is 3. The van der Waals surface area contributed by atoms with Crippen LogP contribution >= 0.6 is 15.0 Å². The zero-order valence-corrected chi connectivity index (χ0v) is 51.1. The first-order valence-corrected chi connectivity index (χ1v) is 32.4. The number of piperidine rings is 1. The average Bonchev–Trinajstić information content (AvgIpc) is 3.37. The molecule has 0 radical (unpaired) electrons. The summed E-state index contributed by atoms with van der Waals surface area (Å²) in [5.41, 5.74) is 1.50. The molecule has 82 heavy (non-hydrogen) atoms. The number of nitrogens with zero attached hydrogens (tertiary/aromatic N) is 1. The van der Waals surface area contributed by atoms with Crippen molar-refractivity contribution in [2.24, 2.45) is 41.4 Å². The van der Waals surface area contributed by atoms with E-state index in [1.165, 1.54) is 31.4 Å². The van der Waals surface area contributed by atoms with Crippen LogP contribution in [0, 0.1) is 41.4 Å². The molecular formula is C60H90N2O18P2. The second-order valence-electron chi connectivity index (χ2n) is 23.6. The first-order chi connectivity index (χ1) is 38.5. The van der Waals surface area contributed by atoms with Crippen LogP contribution in [0.2, 0.25) is 0 Å². The van der Waals surface area contributed by atoms with Gasteiger partial charge in [-0.3, -0.25) is 33.1 Å². The third-order valence-electron chi connectivity index (χ3n) is 17.0. The fourth-order valence-corrected chi connectivity index (χ4v) is 15.3. The largest absolute Gasteiger partial charge is 0.460 e. The summed E-state index contributed by atoms with van der Waals surface area (Å²) in [6.07, 6.45) is 10.8. The monoisotopic (exact) mass is 1190 g/mol. The summed E-state index contributed by atoms with van der Waals surface area (Å²) in [6.45, 7) is 12.5. The molecule has 3 heterocycles. The van der Waals surface area contributed by atoms with Crippen LogP contribution in [0.5, 0.6) is 0 Å². The van der Waals surface area contributed by atoms with Crippen LogP contribution in [-0.4, -0.2) is 147 Å². The van der Waals surface area contributed by atoms with Gasteiger partial charge in [0.1, 0.15) is 36.0 Å². The van der Waals surface area contributed by atoms with Crippen LogP contribution in [0.15, 0.2) is 71.9 Å². The van der Waals surface area contributed by atoms with E-state index in [0.29, 0.717) is 69.0 Å². The summed E-state index contributed by atoms with van der Waals surface area (Å²) in [6, 6.07) is 4.02. The SMILES string of the molecule is CO[C@H]1C[C@@H]2CC[C@@H](C)[C@@](O)(O2)C(=O)C(=O)N2CCCCC2C(=O)O[C@H]([C@H](C)CC2CC[C@@H](CC(=O)Nc3ccc(P(=O)(O)CP(=O)(O)O)cc3)[C@H](OC)C2)CC(=O)[C@H](C)/C=C(\C)C(O)[C@@H](OC)C(=O)[C@H](C)C[C@H](C)/C=C/C=CC=C1C. The maximum absolute atomic E-state index is 14.6. The second kappa shape index (κ2) is 30.7. The van der Waals surface area contributed by atoms with Crippen molar-refractivity contribution in [3.8, 4) is 0 Å². The molecule has 5 rings (SSSR count). The van der Waals surface area contributed by atoms with Crippen molar-refractivity contribution in [2.45, 2.75) is 180 Å². The van der Waals surface area contributed by atoms with Gasteiger partial charge in [-0.2, -0.15) is 0 Å². The van der Waals surface area contributed by atoms with Crippen LogP contribution in [-0.2, 0) is 61.6 Å². The minimum atomic E-state index is -4.78. The number of rotatable bonds is 12. The zero-order chi connectivity index (χ0) is 60.9.